The van der Waals surface area contributed by atoms with Crippen LogP contribution in [0.3, 0.4) is 0 Å². The van der Waals surface area contributed by atoms with E-state index in [1.807, 2.05) is 64.1 Å². The summed E-state index contributed by atoms with van der Waals surface area (Å²) in [5, 5.41) is 0. The third-order valence-electron chi connectivity index (χ3n) is 7.18. The summed E-state index contributed by atoms with van der Waals surface area (Å²) in [6.07, 6.45) is 3.52. The first-order chi connectivity index (χ1) is 18.1. The van der Waals surface area contributed by atoms with Crippen LogP contribution in [0.15, 0.2) is 48.8 Å². The molecule has 0 atom stereocenters. The van der Waals surface area contributed by atoms with Crippen LogP contribution in [0.25, 0.3) is 0 Å². The summed E-state index contributed by atoms with van der Waals surface area (Å²) in [5.74, 6) is 3.41. The summed E-state index contributed by atoms with van der Waals surface area (Å²) in [6, 6.07) is 11.5. The Bertz CT molecular complexity index is 1180. The second kappa shape index (κ2) is 11.1. The van der Waals surface area contributed by atoms with Crippen LogP contribution < -0.4 is 29.3 Å². The molecule has 1 aliphatic rings. The molecule has 38 heavy (non-hydrogen) atoms. The first-order valence-corrected chi connectivity index (χ1v) is 12.4. The van der Waals surface area contributed by atoms with Crippen molar-refractivity contribution in [1.82, 2.24) is 9.97 Å². The fourth-order valence-corrected chi connectivity index (χ4v) is 4.17. The molecule has 0 aliphatic carbocycles. The van der Waals surface area contributed by atoms with Crippen molar-refractivity contribution in [2.45, 2.75) is 52.0 Å². The number of ether oxygens (including phenoxy) is 4. The fourth-order valence-electron chi connectivity index (χ4n) is 4.17. The molecule has 9 nitrogen and oxygen atoms in total. The van der Waals surface area contributed by atoms with Crippen molar-refractivity contribution in [3.05, 3.63) is 59.9 Å². The van der Waals surface area contributed by atoms with Crippen LogP contribution in [0.4, 0.5) is 5.95 Å². The quantitative estimate of drug-likeness (QED) is 0.368. The van der Waals surface area contributed by atoms with Crippen LogP contribution >= 0.6 is 0 Å². The Balaban J connectivity index is 1.66. The molecule has 1 saturated heterocycles. The van der Waals surface area contributed by atoms with Gasteiger partial charge in [-0.3, -0.25) is 0 Å². The van der Waals surface area contributed by atoms with E-state index in [4.69, 9.17) is 38.2 Å². The molecular weight excluding hydrogens is 485 g/mol. The van der Waals surface area contributed by atoms with Crippen LogP contribution in [-0.4, -0.2) is 56.7 Å². The Morgan fingerprint density at radius 1 is 0.711 bits per heavy atom. The van der Waals surface area contributed by atoms with Gasteiger partial charge in [0.15, 0.2) is 0 Å². The highest BCUT2D eigenvalue weighted by Crippen LogP contribution is 2.36. The smallest absolute Gasteiger partial charge is 0.497 e. The number of aromatic nitrogens is 2. The highest BCUT2D eigenvalue weighted by molar-refractivity contribution is 6.61. The lowest BCUT2D eigenvalue weighted by Gasteiger charge is -2.32. The van der Waals surface area contributed by atoms with Gasteiger partial charge < -0.3 is 33.2 Å². The highest BCUT2D eigenvalue weighted by atomic mass is 16.7. The predicted octanol–water partition coefficient (Wildman–Crippen LogP) is 4.02. The minimum absolute atomic E-state index is 0.446. The van der Waals surface area contributed by atoms with Gasteiger partial charge in [-0.25, -0.2) is 9.97 Å². The fraction of sp³-hybridized carbons (Fsp3) is 0.429. The lowest BCUT2D eigenvalue weighted by atomic mass is 9.81. The molecular formula is C28H36BN3O6. The van der Waals surface area contributed by atoms with E-state index in [2.05, 4.69) is 4.90 Å². The van der Waals surface area contributed by atoms with Gasteiger partial charge in [-0.05, 0) is 52.0 Å². The third kappa shape index (κ3) is 5.66. The number of hydrogen-bond acceptors (Lipinski definition) is 9. The number of anilines is 1. The van der Waals surface area contributed by atoms with Crippen molar-refractivity contribution >= 4 is 18.5 Å². The van der Waals surface area contributed by atoms with E-state index in [-0.39, 0.29) is 0 Å². The van der Waals surface area contributed by atoms with Gasteiger partial charge in [-0.15, -0.1) is 0 Å². The third-order valence-corrected chi connectivity index (χ3v) is 7.18. The van der Waals surface area contributed by atoms with Gasteiger partial charge in [0.2, 0.25) is 5.95 Å². The number of benzene rings is 2. The summed E-state index contributed by atoms with van der Waals surface area (Å²) in [6.45, 7) is 9.06. The minimum Gasteiger partial charge on any atom is -0.497 e. The summed E-state index contributed by atoms with van der Waals surface area (Å²) >= 11 is 0. The Hall–Kier alpha value is -3.50. The number of hydrogen-bond donors (Lipinski definition) is 0. The lowest BCUT2D eigenvalue weighted by molar-refractivity contribution is 0.00578. The molecule has 0 bridgehead atoms. The van der Waals surface area contributed by atoms with Crippen LogP contribution in [-0.2, 0) is 22.4 Å². The molecule has 1 fully saturated rings. The van der Waals surface area contributed by atoms with E-state index in [1.165, 1.54) is 0 Å². The molecule has 10 heteroatoms. The van der Waals surface area contributed by atoms with Crippen molar-refractivity contribution < 1.29 is 28.3 Å². The van der Waals surface area contributed by atoms with Gasteiger partial charge in [0.25, 0.3) is 0 Å². The normalized spacial score (nSPS) is 15.7. The lowest BCUT2D eigenvalue weighted by Crippen LogP contribution is -2.41. The minimum atomic E-state index is -0.536. The van der Waals surface area contributed by atoms with E-state index in [0.717, 1.165) is 28.1 Å². The van der Waals surface area contributed by atoms with E-state index >= 15 is 0 Å². The highest BCUT2D eigenvalue weighted by Gasteiger charge is 2.52. The molecule has 0 amide bonds. The molecule has 3 aromatic rings. The van der Waals surface area contributed by atoms with Crippen molar-refractivity contribution in [2.75, 3.05) is 33.3 Å². The van der Waals surface area contributed by atoms with Crippen LogP contribution in [0.2, 0.25) is 0 Å². The van der Waals surface area contributed by atoms with E-state index < -0.39 is 18.3 Å². The van der Waals surface area contributed by atoms with Gasteiger partial charge in [-0.2, -0.15) is 0 Å². The Labute approximate surface area is 225 Å². The zero-order valence-corrected chi connectivity index (χ0v) is 23.4. The second-order valence-corrected chi connectivity index (χ2v) is 10.1. The number of rotatable bonds is 10. The first kappa shape index (κ1) is 27.5. The van der Waals surface area contributed by atoms with Gasteiger partial charge in [0, 0.05) is 54.2 Å². The van der Waals surface area contributed by atoms with E-state index in [9.17, 15) is 0 Å². The Kier molecular flexibility index (Phi) is 8.03. The molecule has 0 saturated carbocycles. The molecule has 1 aliphatic heterocycles. The van der Waals surface area contributed by atoms with Crippen molar-refractivity contribution in [3.63, 3.8) is 0 Å². The van der Waals surface area contributed by atoms with E-state index in [1.54, 1.807) is 40.8 Å². The van der Waals surface area contributed by atoms with Gasteiger partial charge in [0.05, 0.1) is 39.6 Å². The summed E-state index contributed by atoms with van der Waals surface area (Å²) < 4.78 is 34.4. The monoisotopic (exact) mass is 521 g/mol. The molecule has 2 heterocycles. The van der Waals surface area contributed by atoms with Gasteiger partial charge in [0.1, 0.15) is 23.0 Å². The average molecular weight is 521 g/mol. The Morgan fingerprint density at radius 3 is 1.55 bits per heavy atom. The van der Waals surface area contributed by atoms with Gasteiger partial charge in [-0.1, -0.05) is 0 Å². The zero-order valence-electron chi connectivity index (χ0n) is 23.4. The molecule has 4 rings (SSSR count). The topological polar surface area (TPSA) is 84.4 Å². The molecule has 0 unspecified atom stereocenters. The first-order valence-electron chi connectivity index (χ1n) is 12.4. The molecule has 1 aromatic heterocycles. The molecule has 0 radical (unpaired) electrons. The average Bonchev–Trinajstić information content (AvgIpc) is 3.14. The standard InChI is InChI=1S/C28H36BN3O6/c1-27(2)28(3,4)38-29(37-27)21-15-30-26(31-16-21)32(17-19-9-11-22(33-5)13-24(19)35-7)18-20-10-12-23(34-6)14-25(20)36-8/h9-16H,17-18H2,1-8H3. The summed E-state index contributed by atoms with van der Waals surface area (Å²) in [7, 11) is 6.01. The van der Waals surface area contributed by atoms with Crippen molar-refractivity contribution in [1.29, 1.82) is 0 Å². The maximum atomic E-state index is 6.17. The molecule has 0 spiro atoms. The Morgan fingerprint density at radius 2 is 1.16 bits per heavy atom. The molecule has 0 N–H and O–H groups in total. The molecule has 202 valence electrons. The van der Waals surface area contributed by atoms with E-state index in [0.29, 0.717) is 30.5 Å². The van der Waals surface area contributed by atoms with Crippen LogP contribution in [0, 0.1) is 0 Å². The van der Waals surface area contributed by atoms with Gasteiger partial charge >= 0.3 is 7.12 Å². The predicted molar refractivity (Wildman–Crippen MR) is 147 cm³/mol. The van der Waals surface area contributed by atoms with Crippen LogP contribution in [0.1, 0.15) is 38.8 Å². The SMILES string of the molecule is COc1ccc(CN(Cc2ccc(OC)cc2OC)c2ncc(B3OC(C)(C)C(C)(C)O3)cn2)c(OC)c1. The largest absolute Gasteiger partial charge is 0.498 e. The van der Waals surface area contributed by atoms with Crippen molar-refractivity contribution in [2.24, 2.45) is 0 Å². The summed E-state index contributed by atoms with van der Waals surface area (Å²) in [4.78, 5) is 11.5. The summed E-state index contributed by atoms with van der Waals surface area (Å²) in [5.41, 5.74) is 1.78. The maximum Gasteiger partial charge on any atom is 0.498 e. The number of nitrogens with zero attached hydrogens (tertiary/aromatic N) is 3. The maximum absolute atomic E-state index is 6.17. The molecule has 2 aromatic carbocycles. The number of methoxy groups -OCH3 is 4. The van der Waals surface area contributed by atoms with Crippen molar-refractivity contribution in [3.8, 4) is 23.0 Å². The zero-order chi connectivity index (χ0) is 27.5. The second-order valence-electron chi connectivity index (χ2n) is 10.1. The van der Waals surface area contributed by atoms with Crippen LogP contribution in [0.5, 0.6) is 23.0 Å².